The summed E-state index contributed by atoms with van der Waals surface area (Å²) < 4.78 is 5.77. The Morgan fingerprint density at radius 1 is 1.12 bits per heavy atom. The summed E-state index contributed by atoms with van der Waals surface area (Å²) in [5.41, 5.74) is 2.05. The number of hydrogen-bond acceptors (Lipinski definition) is 3. The summed E-state index contributed by atoms with van der Waals surface area (Å²) in [5.74, 6) is 0.981. The molecule has 2 aromatic carbocycles. The molecule has 0 saturated heterocycles. The van der Waals surface area contributed by atoms with Crippen LogP contribution in [-0.4, -0.2) is 30.9 Å². The molecule has 0 aliphatic rings. The molecule has 140 valence electrons. The molecular weight excluding hydrogens is 348 g/mol. The van der Waals surface area contributed by atoms with Gasteiger partial charge in [0.2, 0.25) is 5.91 Å². The van der Waals surface area contributed by atoms with Gasteiger partial charge in [0.15, 0.2) is 0 Å². The van der Waals surface area contributed by atoms with Gasteiger partial charge in [0.1, 0.15) is 12.4 Å². The highest BCUT2D eigenvalue weighted by Gasteiger charge is 2.07. The predicted octanol–water partition coefficient (Wildman–Crippen LogP) is 4.98. The van der Waals surface area contributed by atoms with Crippen LogP contribution in [0.2, 0.25) is 5.02 Å². The highest BCUT2D eigenvalue weighted by molar-refractivity contribution is 6.30. The first-order chi connectivity index (χ1) is 12.6. The molecule has 0 fully saturated rings. The van der Waals surface area contributed by atoms with Crippen molar-refractivity contribution in [2.45, 2.75) is 32.8 Å². The van der Waals surface area contributed by atoms with Crippen LogP contribution in [0.3, 0.4) is 0 Å². The molecule has 2 rings (SSSR count). The van der Waals surface area contributed by atoms with Gasteiger partial charge in [-0.2, -0.15) is 0 Å². The molecule has 26 heavy (non-hydrogen) atoms. The summed E-state index contributed by atoms with van der Waals surface area (Å²) in [4.78, 5) is 13.8. The number of nitrogens with zero attached hydrogens (tertiary/aromatic N) is 1. The van der Waals surface area contributed by atoms with Crippen molar-refractivity contribution in [2.24, 2.45) is 0 Å². The standard InChI is InChI=1S/C21H27ClN2O2/c1-3-4-15-24(2)21(25)13-14-23-19-9-11-20(12-10-19)26-16-17-5-7-18(22)8-6-17/h5-12,23H,3-4,13-16H2,1-2H3. The number of anilines is 1. The van der Waals surface area contributed by atoms with Crippen molar-refractivity contribution < 1.29 is 9.53 Å². The Labute approximate surface area is 161 Å². The number of unbranched alkanes of at least 4 members (excludes halogenated alkanes) is 1. The lowest BCUT2D eigenvalue weighted by Crippen LogP contribution is -2.29. The third-order valence-corrected chi connectivity index (χ3v) is 4.37. The number of ether oxygens (including phenoxy) is 1. The second-order valence-corrected chi connectivity index (χ2v) is 6.72. The smallest absolute Gasteiger partial charge is 0.224 e. The lowest BCUT2D eigenvalue weighted by atomic mass is 10.2. The average molecular weight is 375 g/mol. The van der Waals surface area contributed by atoms with E-state index in [9.17, 15) is 4.79 Å². The number of halogens is 1. The maximum absolute atomic E-state index is 12.0. The van der Waals surface area contributed by atoms with Crippen LogP contribution in [0.15, 0.2) is 48.5 Å². The number of rotatable bonds is 10. The van der Waals surface area contributed by atoms with Crippen LogP contribution in [-0.2, 0) is 11.4 Å². The van der Waals surface area contributed by atoms with Gasteiger partial charge >= 0.3 is 0 Å². The lowest BCUT2D eigenvalue weighted by molar-refractivity contribution is -0.129. The van der Waals surface area contributed by atoms with Gasteiger partial charge in [-0.15, -0.1) is 0 Å². The van der Waals surface area contributed by atoms with Crippen molar-refractivity contribution >= 4 is 23.2 Å². The first kappa shape index (κ1) is 20.1. The number of nitrogens with one attached hydrogen (secondary N) is 1. The molecule has 0 aliphatic carbocycles. The van der Waals surface area contributed by atoms with Crippen LogP contribution in [0.5, 0.6) is 5.75 Å². The van der Waals surface area contributed by atoms with Gasteiger partial charge < -0.3 is 15.0 Å². The van der Waals surface area contributed by atoms with Gasteiger partial charge in [-0.05, 0) is 48.4 Å². The number of hydrogen-bond donors (Lipinski definition) is 1. The molecule has 4 nitrogen and oxygen atoms in total. The Bertz CT molecular complexity index is 671. The maximum Gasteiger partial charge on any atom is 0.224 e. The largest absolute Gasteiger partial charge is 0.489 e. The SMILES string of the molecule is CCCCN(C)C(=O)CCNc1ccc(OCc2ccc(Cl)cc2)cc1. The fourth-order valence-electron chi connectivity index (χ4n) is 2.44. The van der Waals surface area contributed by atoms with Crippen molar-refractivity contribution in [1.82, 2.24) is 4.90 Å². The van der Waals surface area contributed by atoms with Gasteiger partial charge in [-0.1, -0.05) is 37.1 Å². The third-order valence-electron chi connectivity index (χ3n) is 4.11. The average Bonchev–Trinajstić information content (AvgIpc) is 2.66. The Hall–Kier alpha value is -2.20. The van der Waals surface area contributed by atoms with Gasteiger partial charge in [0.05, 0.1) is 0 Å². The second kappa shape index (κ2) is 10.7. The van der Waals surface area contributed by atoms with Crippen molar-refractivity contribution in [3.8, 4) is 5.75 Å². The van der Waals surface area contributed by atoms with E-state index in [-0.39, 0.29) is 5.91 Å². The van der Waals surface area contributed by atoms with Gasteiger partial charge in [0, 0.05) is 37.3 Å². The Morgan fingerprint density at radius 2 is 1.81 bits per heavy atom. The van der Waals surface area contributed by atoms with Crippen LogP contribution in [0.25, 0.3) is 0 Å². The topological polar surface area (TPSA) is 41.6 Å². The summed E-state index contributed by atoms with van der Waals surface area (Å²) in [7, 11) is 1.87. The number of benzene rings is 2. The van der Waals surface area contributed by atoms with Gasteiger partial charge in [-0.25, -0.2) is 0 Å². The fourth-order valence-corrected chi connectivity index (χ4v) is 2.57. The molecule has 5 heteroatoms. The van der Waals surface area contributed by atoms with E-state index < -0.39 is 0 Å². The first-order valence-corrected chi connectivity index (χ1v) is 9.41. The highest BCUT2D eigenvalue weighted by atomic mass is 35.5. The van der Waals surface area contributed by atoms with Crippen LogP contribution in [0, 0.1) is 0 Å². The summed E-state index contributed by atoms with van der Waals surface area (Å²) in [5, 5.41) is 4.00. The zero-order chi connectivity index (χ0) is 18.8. The molecule has 0 bridgehead atoms. The monoisotopic (exact) mass is 374 g/mol. The molecule has 0 unspecified atom stereocenters. The van der Waals surface area contributed by atoms with Crippen LogP contribution in [0.4, 0.5) is 5.69 Å². The van der Waals surface area contributed by atoms with E-state index >= 15 is 0 Å². The Kier molecular flexibility index (Phi) is 8.29. The van der Waals surface area contributed by atoms with E-state index in [4.69, 9.17) is 16.3 Å². The fraction of sp³-hybridized carbons (Fsp3) is 0.381. The summed E-state index contributed by atoms with van der Waals surface area (Å²) in [6, 6.07) is 15.4. The lowest BCUT2D eigenvalue weighted by Gasteiger charge is -2.17. The Morgan fingerprint density at radius 3 is 2.46 bits per heavy atom. The van der Waals surface area contributed by atoms with E-state index in [1.54, 1.807) is 4.90 Å². The van der Waals surface area contributed by atoms with Crippen LogP contribution in [0.1, 0.15) is 31.7 Å². The van der Waals surface area contributed by atoms with Crippen LogP contribution < -0.4 is 10.1 Å². The summed E-state index contributed by atoms with van der Waals surface area (Å²) in [6.45, 7) is 4.08. The van der Waals surface area contributed by atoms with Crippen LogP contribution >= 0.6 is 11.6 Å². The molecule has 2 aromatic rings. The maximum atomic E-state index is 12.0. The zero-order valence-corrected chi connectivity index (χ0v) is 16.3. The summed E-state index contributed by atoms with van der Waals surface area (Å²) in [6.07, 6.45) is 2.64. The molecule has 1 amide bonds. The van der Waals surface area contributed by atoms with E-state index in [2.05, 4.69) is 12.2 Å². The third kappa shape index (κ3) is 6.96. The minimum Gasteiger partial charge on any atom is -0.489 e. The molecule has 0 saturated carbocycles. The number of amides is 1. The molecule has 0 radical (unpaired) electrons. The normalized spacial score (nSPS) is 10.4. The molecular formula is C21H27ClN2O2. The second-order valence-electron chi connectivity index (χ2n) is 6.29. The van der Waals surface area contributed by atoms with Gasteiger partial charge in [-0.3, -0.25) is 4.79 Å². The Balaban J connectivity index is 1.71. The molecule has 1 N–H and O–H groups in total. The number of carbonyl (C=O) groups excluding carboxylic acids is 1. The number of carbonyl (C=O) groups is 1. The minimum absolute atomic E-state index is 0.175. The van der Waals surface area contributed by atoms with E-state index in [0.717, 1.165) is 41.4 Å². The molecule has 0 atom stereocenters. The van der Waals surface area contributed by atoms with Gasteiger partial charge in [0.25, 0.3) is 0 Å². The first-order valence-electron chi connectivity index (χ1n) is 9.03. The zero-order valence-electron chi connectivity index (χ0n) is 15.5. The molecule has 0 spiro atoms. The minimum atomic E-state index is 0.175. The van der Waals surface area contributed by atoms with Crippen molar-refractivity contribution in [1.29, 1.82) is 0 Å². The molecule has 0 aliphatic heterocycles. The van der Waals surface area contributed by atoms with Crippen molar-refractivity contribution in [3.05, 3.63) is 59.1 Å². The summed E-state index contributed by atoms with van der Waals surface area (Å²) >= 11 is 5.88. The van der Waals surface area contributed by atoms with Crippen molar-refractivity contribution in [3.63, 3.8) is 0 Å². The quantitative estimate of drug-likeness (QED) is 0.637. The highest BCUT2D eigenvalue weighted by Crippen LogP contribution is 2.18. The molecule has 0 heterocycles. The van der Waals surface area contributed by atoms with E-state index in [0.29, 0.717) is 19.6 Å². The predicted molar refractivity (Wildman–Crippen MR) is 108 cm³/mol. The molecule has 0 aromatic heterocycles. The van der Waals surface area contributed by atoms with E-state index in [1.807, 2.05) is 55.6 Å². The van der Waals surface area contributed by atoms with Crippen molar-refractivity contribution in [2.75, 3.05) is 25.5 Å². The van der Waals surface area contributed by atoms with E-state index in [1.165, 1.54) is 0 Å².